The van der Waals surface area contributed by atoms with Gasteiger partial charge in [-0.15, -0.1) is 11.3 Å². The van der Waals surface area contributed by atoms with E-state index in [1.165, 1.54) is 11.3 Å². The molecule has 0 bridgehead atoms. The van der Waals surface area contributed by atoms with E-state index in [2.05, 4.69) is 4.98 Å². The fraction of sp³-hybridized carbons (Fsp3) is 0.200. The van der Waals surface area contributed by atoms with Gasteiger partial charge in [0.15, 0.2) is 11.5 Å². The first-order valence-electron chi connectivity index (χ1n) is 8.37. The number of carbonyl (C=O) groups is 1. The van der Waals surface area contributed by atoms with Gasteiger partial charge in [-0.3, -0.25) is 0 Å². The van der Waals surface area contributed by atoms with Gasteiger partial charge < -0.3 is 18.9 Å². The number of methoxy groups -OCH3 is 1. The summed E-state index contributed by atoms with van der Waals surface area (Å²) < 4.78 is 21.8. The number of thiazole rings is 1. The summed E-state index contributed by atoms with van der Waals surface area (Å²) >= 11 is 1.49. The minimum absolute atomic E-state index is 0.0841. The largest absolute Gasteiger partial charge is 0.497 e. The lowest BCUT2D eigenvalue weighted by Crippen LogP contribution is -2.37. The zero-order chi connectivity index (χ0) is 18.6. The summed E-state index contributed by atoms with van der Waals surface area (Å²) in [6, 6.07) is 14.9. The van der Waals surface area contributed by atoms with Gasteiger partial charge in [0.2, 0.25) is 6.10 Å². The molecule has 0 saturated heterocycles. The third-order valence-corrected chi connectivity index (χ3v) is 4.94. The third-order valence-electron chi connectivity index (χ3n) is 4.00. The Morgan fingerprint density at radius 1 is 1.22 bits per heavy atom. The Balaban J connectivity index is 1.37. The summed E-state index contributed by atoms with van der Waals surface area (Å²) in [4.78, 5) is 16.8. The molecule has 27 heavy (non-hydrogen) atoms. The fourth-order valence-corrected chi connectivity index (χ4v) is 3.44. The van der Waals surface area contributed by atoms with E-state index >= 15 is 0 Å². The predicted molar refractivity (Wildman–Crippen MR) is 100 cm³/mol. The van der Waals surface area contributed by atoms with E-state index in [9.17, 15) is 4.79 Å². The molecule has 1 aliphatic heterocycles. The van der Waals surface area contributed by atoms with Gasteiger partial charge in [-0.05, 0) is 24.3 Å². The lowest BCUT2D eigenvalue weighted by atomic mass is 10.2. The van der Waals surface area contributed by atoms with E-state index in [1.807, 2.05) is 41.8 Å². The number of rotatable bonds is 5. The van der Waals surface area contributed by atoms with Crippen molar-refractivity contribution in [2.75, 3.05) is 13.7 Å². The number of hydrogen-bond donors (Lipinski definition) is 0. The van der Waals surface area contributed by atoms with Crippen LogP contribution in [0.5, 0.6) is 17.2 Å². The Morgan fingerprint density at radius 2 is 2.07 bits per heavy atom. The van der Waals surface area contributed by atoms with Crippen LogP contribution in [0.3, 0.4) is 0 Å². The number of nitrogens with zero attached hydrogens (tertiary/aromatic N) is 1. The van der Waals surface area contributed by atoms with Crippen molar-refractivity contribution >= 4 is 17.3 Å². The minimum Gasteiger partial charge on any atom is -0.497 e. The van der Waals surface area contributed by atoms with Crippen molar-refractivity contribution in [1.82, 2.24) is 4.98 Å². The second-order valence-electron chi connectivity index (χ2n) is 5.85. The Labute approximate surface area is 160 Å². The normalized spacial score (nSPS) is 15.2. The summed E-state index contributed by atoms with van der Waals surface area (Å²) in [7, 11) is 1.63. The maximum Gasteiger partial charge on any atom is 0.351 e. The van der Waals surface area contributed by atoms with E-state index in [0.717, 1.165) is 16.3 Å². The fourth-order valence-electron chi connectivity index (χ4n) is 2.64. The molecule has 2 heterocycles. The van der Waals surface area contributed by atoms with E-state index < -0.39 is 12.1 Å². The topological polar surface area (TPSA) is 66.9 Å². The summed E-state index contributed by atoms with van der Waals surface area (Å²) in [5.74, 6) is 1.47. The molecule has 0 spiro atoms. The second kappa shape index (κ2) is 7.67. The van der Waals surface area contributed by atoms with Gasteiger partial charge in [-0.25, -0.2) is 9.78 Å². The molecular formula is C20H17NO5S. The highest BCUT2D eigenvalue weighted by Crippen LogP contribution is 2.31. The highest BCUT2D eigenvalue weighted by Gasteiger charge is 2.28. The molecule has 0 N–H and O–H groups in total. The van der Waals surface area contributed by atoms with Gasteiger partial charge in [0.25, 0.3) is 0 Å². The zero-order valence-electron chi connectivity index (χ0n) is 14.6. The van der Waals surface area contributed by atoms with Crippen molar-refractivity contribution < 1.29 is 23.7 Å². The van der Waals surface area contributed by atoms with Crippen molar-refractivity contribution in [2.45, 2.75) is 12.7 Å². The highest BCUT2D eigenvalue weighted by molar-refractivity contribution is 7.13. The smallest absolute Gasteiger partial charge is 0.351 e. The van der Waals surface area contributed by atoms with Crippen LogP contribution in [0, 0.1) is 0 Å². The number of para-hydroxylation sites is 2. The summed E-state index contributed by atoms with van der Waals surface area (Å²) in [6.07, 6.45) is -0.781. The average Bonchev–Trinajstić information content (AvgIpc) is 3.21. The Kier molecular flexibility index (Phi) is 4.93. The number of esters is 1. The molecule has 4 rings (SSSR count). The van der Waals surface area contributed by atoms with Crippen LogP contribution in [0.15, 0.2) is 53.9 Å². The Bertz CT molecular complexity index is 955. The number of carbonyl (C=O) groups excluding carboxylic acids is 1. The molecule has 0 fully saturated rings. The summed E-state index contributed by atoms with van der Waals surface area (Å²) in [5, 5.41) is 2.71. The number of fused-ring (bicyclic) bond motifs is 1. The monoisotopic (exact) mass is 383 g/mol. The van der Waals surface area contributed by atoms with Crippen LogP contribution in [-0.2, 0) is 16.1 Å². The molecule has 6 nitrogen and oxygen atoms in total. The number of aromatic nitrogens is 1. The van der Waals surface area contributed by atoms with Crippen molar-refractivity contribution in [1.29, 1.82) is 0 Å². The molecule has 7 heteroatoms. The molecule has 2 aromatic carbocycles. The summed E-state index contributed by atoms with van der Waals surface area (Å²) in [6.45, 7) is 0.211. The molecule has 0 unspecified atom stereocenters. The first kappa shape index (κ1) is 17.4. The van der Waals surface area contributed by atoms with Crippen LogP contribution in [0.2, 0.25) is 0 Å². The third kappa shape index (κ3) is 3.88. The second-order valence-corrected chi connectivity index (χ2v) is 6.71. The lowest BCUT2D eigenvalue weighted by Gasteiger charge is -2.24. The SMILES string of the molecule is COc1cccc(-c2nc(COC(=O)[C@@H]3COc4ccccc4O3)cs2)c1. The van der Waals surface area contributed by atoms with E-state index in [1.54, 1.807) is 19.2 Å². The standard InChI is InChI=1S/C20H17NO5S/c1-23-15-6-4-5-13(9-15)19-21-14(12-27-19)10-25-20(22)18-11-24-16-7-2-3-8-17(16)26-18/h2-9,12,18H,10-11H2,1H3/t18-/m0/s1. The van der Waals surface area contributed by atoms with Crippen molar-refractivity contribution in [3.63, 3.8) is 0 Å². The molecule has 3 aromatic rings. The quantitative estimate of drug-likeness (QED) is 0.626. The molecule has 138 valence electrons. The lowest BCUT2D eigenvalue weighted by molar-refractivity contribution is -0.156. The number of ether oxygens (including phenoxy) is 4. The van der Waals surface area contributed by atoms with Gasteiger partial charge in [-0.1, -0.05) is 24.3 Å². The van der Waals surface area contributed by atoms with E-state index in [-0.39, 0.29) is 13.2 Å². The molecule has 0 aliphatic carbocycles. The van der Waals surface area contributed by atoms with Gasteiger partial charge >= 0.3 is 5.97 Å². The van der Waals surface area contributed by atoms with Crippen LogP contribution in [-0.4, -0.2) is 30.8 Å². The van der Waals surface area contributed by atoms with Crippen molar-refractivity contribution in [2.24, 2.45) is 0 Å². The molecular weight excluding hydrogens is 366 g/mol. The number of hydrogen-bond acceptors (Lipinski definition) is 7. The Hall–Kier alpha value is -3.06. The molecule has 1 aliphatic rings. The zero-order valence-corrected chi connectivity index (χ0v) is 15.4. The van der Waals surface area contributed by atoms with Crippen molar-refractivity contribution in [3.05, 3.63) is 59.6 Å². The van der Waals surface area contributed by atoms with Crippen LogP contribution >= 0.6 is 11.3 Å². The first-order chi connectivity index (χ1) is 13.2. The van der Waals surface area contributed by atoms with E-state index in [0.29, 0.717) is 17.2 Å². The maximum atomic E-state index is 12.3. The van der Waals surface area contributed by atoms with Gasteiger partial charge in [0.05, 0.1) is 12.8 Å². The Morgan fingerprint density at radius 3 is 2.93 bits per heavy atom. The van der Waals surface area contributed by atoms with Crippen LogP contribution in [0.1, 0.15) is 5.69 Å². The predicted octanol–water partition coefficient (Wildman–Crippen LogP) is 3.70. The molecule has 0 saturated carbocycles. The first-order valence-corrected chi connectivity index (χ1v) is 9.25. The highest BCUT2D eigenvalue weighted by atomic mass is 32.1. The van der Waals surface area contributed by atoms with Crippen LogP contribution < -0.4 is 14.2 Å². The molecule has 1 atom stereocenters. The van der Waals surface area contributed by atoms with Crippen LogP contribution in [0.4, 0.5) is 0 Å². The van der Waals surface area contributed by atoms with Gasteiger partial charge in [-0.2, -0.15) is 0 Å². The van der Waals surface area contributed by atoms with Crippen LogP contribution in [0.25, 0.3) is 10.6 Å². The summed E-state index contributed by atoms with van der Waals surface area (Å²) in [5.41, 5.74) is 1.64. The van der Waals surface area contributed by atoms with E-state index in [4.69, 9.17) is 18.9 Å². The van der Waals surface area contributed by atoms with Crippen molar-refractivity contribution in [3.8, 4) is 27.8 Å². The molecule has 1 aromatic heterocycles. The van der Waals surface area contributed by atoms with Gasteiger partial charge in [0.1, 0.15) is 24.0 Å². The molecule has 0 amide bonds. The maximum absolute atomic E-state index is 12.3. The minimum atomic E-state index is -0.781. The molecule has 0 radical (unpaired) electrons. The van der Waals surface area contributed by atoms with Gasteiger partial charge in [0, 0.05) is 10.9 Å². The average molecular weight is 383 g/mol. The number of benzene rings is 2.